The van der Waals surface area contributed by atoms with Crippen LogP contribution in [-0.4, -0.2) is 23.3 Å². The van der Waals surface area contributed by atoms with Crippen molar-refractivity contribution < 1.29 is 17.1 Å². The molecule has 0 saturated carbocycles. The van der Waals surface area contributed by atoms with E-state index in [4.69, 9.17) is 0 Å². The van der Waals surface area contributed by atoms with Gasteiger partial charge >= 0.3 is 17.1 Å². The van der Waals surface area contributed by atoms with Gasteiger partial charge in [-0.05, 0) is 0 Å². The van der Waals surface area contributed by atoms with Gasteiger partial charge in [-0.15, -0.1) is 12.1 Å². The predicted molar refractivity (Wildman–Crippen MR) is 133 cm³/mol. The molecule has 0 N–H and O–H groups in total. The van der Waals surface area contributed by atoms with E-state index in [-0.39, 0.29) is 17.1 Å². The van der Waals surface area contributed by atoms with E-state index in [1.165, 1.54) is 15.9 Å². The molecule has 3 aromatic rings. The Balaban J connectivity index is 0.00000300. The van der Waals surface area contributed by atoms with Gasteiger partial charge in [-0.2, -0.15) is 22.9 Å². The third-order valence-electron chi connectivity index (χ3n) is 6.76. The number of hydrogen-bond acceptors (Lipinski definition) is 0. The zero-order chi connectivity index (χ0) is 20.4. The molecule has 0 atom stereocenters. The molecule has 3 aromatic carbocycles. The average molecular weight is 481 g/mol. The number of hydrogen-bond donors (Lipinski definition) is 0. The smallest absolute Gasteiger partial charge is 0.192 e. The summed E-state index contributed by atoms with van der Waals surface area (Å²) in [6, 6.07) is 34.0. The summed E-state index contributed by atoms with van der Waals surface area (Å²) in [5, 5.41) is 4.86. The molecule has 29 heavy (non-hydrogen) atoms. The van der Waals surface area contributed by atoms with Crippen molar-refractivity contribution in [2.45, 2.75) is 39.3 Å². The fraction of sp³-hybridized carbons (Fsp3) is 0.240. The molecular formula is C25H33CuSi3. The van der Waals surface area contributed by atoms with Gasteiger partial charge in [0.05, 0.1) is 8.07 Å². The Bertz CT molecular complexity index is 848. The Morgan fingerprint density at radius 3 is 1.21 bits per heavy atom. The molecule has 0 amide bonds. The fourth-order valence-electron chi connectivity index (χ4n) is 4.25. The van der Waals surface area contributed by atoms with E-state index >= 15 is 0 Å². The van der Waals surface area contributed by atoms with E-state index in [0.717, 1.165) is 0 Å². The van der Waals surface area contributed by atoms with E-state index in [0.29, 0.717) is 0 Å². The van der Waals surface area contributed by atoms with Gasteiger partial charge < -0.3 is 0 Å². The van der Waals surface area contributed by atoms with Crippen LogP contribution in [0.3, 0.4) is 0 Å². The second kappa shape index (κ2) is 9.23. The van der Waals surface area contributed by atoms with Crippen LogP contribution >= 0.6 is 0 Å². The van der Waals surface area contributed by atoms with Crippen molar-refractivity contribution in [1.82, 2.24) is 0 Å². The van der Waals surface area contributed by atoms with Crippen LogP contribution in [-0.2, 0) is 17.1 Å². The van der Waals surface area contributed by atoms with Gasteiger partial charge in [-0.25, -0.2) is 0 Å². The molecule has 0 spiro atoms. The second-order valence-corrected chi connectivity index (χ2v) is 30.4. The van der Waals surface area contributed by atoms with Crippen LogP contribution in [0.2, 0.25) is 39.3 Å². The van der Waals surface area contributed by atoms with Crippen LogP contribution in [0, 0.1) is 5.16 Å². The summed E-state index contributed by atoms with van der Waals surface area (Å²) in [6.07, 6.45) is 0. The summed E-state index contributed by atoms with van der Waals surface area (Å²) in [7, 11) is -5.13. The summed E-state index contributed by atoms with van der Waals surface area (Å²) in [4.78, 5) is 0. The Labute approximate surface area is 191 Å². The molecule has 0 bridgehead atoms. The normalized spacial score (nSPS) is 12.2. The first kappa shape index (κ1) is 24.0. The molecule has 156 valence electrons. The maximum Gasteiger partial charge on any atom is 1.00 e. The molecule has 0 unspecified atom stereocenters. The SMILES string of the molecule is C[Si](c1ccccc1)(c1ccccc1)[C-](c1ccccc1)[Si](C)(C)[Si](C)(C)C.[Cu+]. The molecule has 0 aliphatic rings. The Morgan fingerprint density at radius 2 is 0.862 bits per heavy atom. The minimum Gasteiger partial charge on any atom is -0.192 e. The Hall–Kier alpha value is -1.30. The molecule has 0 saturated heterocycles. The van der Waals surface area contributed by atoms with E-state index < -0.39 is 23.3 Å². The molecule has 0 aliphatic carbocycles. The first-order valence-corrected chi connectivity index (χ1v) is 20.2. The van der Waals surface area contributed by atoms with E-state index in [1.54, 1.807) is 5.16 Å². The third kappa shape index (κ3) is 4.57. The monoisotopic (exact) mass is 480 g/mol. The zero-order valence-electron chi connectivity index (χ0n) is 18.5. The maximum absolute atomic E-state index is 2.64. The van der Waals surface area contributed by atoms with Crippen LogP contribution in [0.1, 0.15) is 5.56 Å². The van der Waals surface area contributed by atoms with Gasteiger partial charge in [0, 0.05) is 15.2 Å². The average Bonchev–Trinajstić information content (AvgIpc) is 2.69. The summed E-state index contributed by atoms with van der Waals surface area (Å²) in [5.74, 6) is 0. The predicted octanol–water partition coefficient (Wildman–Crippen LogP) is 5.70. The van der Waals surface area contributed by atoms with Crippen LogP contribution < -0.4 is 10.4 Å². The molecule has 4 heteroatoms. The maximum atomic E-state index is 2.64. The topological polar surface area (TPSA) is 0 Å². The fourth-order valence-corrected chi connectivity index (χ4v) is 23.4. The van der Waals surface area contributed by atoms with Crippen molar-refractivity contribution in [1.29, 1.82) is 0 Å². The summed E-state index contributed by atoms with van der Waals surface area (Å²) < 4.78 is 0. The van der Waals surface area contributed by atoms with Crippen molar-refractivity contribution in [3.8, 4) is 0 Å². The van der Waals surface area contributed by atoms with Gasteiger partial charge in [-0.1, -0.05) is 116 Å². The molecule has 3 rings (SSSR count). The standard InChI is InChI=1S/C25H33Si3.Cu/c1-26(2,3)27(4,5)25(22-16-10-7-11-17-22)28(6,23-18-12-8-13-19-23)24-20-14-9-15-21-24;/h7-21H,1-6H3;/q-1;+1. The third-order valence-corrected chi connectivity index (χ3v) is 32.4. The Morgan fingerprint density at radius 1 is 0.517 bits per heavy atom. The summed E-state index contributed by atoms with van der Waals surface area (Å²) in [6.45, 7) is 15.6. The Kier molecular flexibility index (Phi) is 7.63. The van der Waals surface area contributed by atoms with E-state index in [2.05, 4.69) is 130 Å². The molecule has 0 nitrogen and oxygen atoms in total. The van der Waals surface area contributed by atoms with Gasteiger partial charge in [-0.3, -0.25) is 0 Å². The molecular weight excluding hydrogens is 448 g/mol. The zero-order valence-corrected chi connectivity index (χ0v) is 22.4. The van der Waals surface area contributed by atoms with Crippen molar-refractivity contribution in [3.63, 3.8) is 0 Å². The van der Waals surface area contributed by atoms with E-state index in [9.17, 15) is 0 Å². The van der Waals surface area contributed by atoms with Crippen molar-refractivity contribution in [3.05, 3.63) is 102 Å². The molecule has 0 radical (unpaired) electrons. The minimum atomic E-state index is -2.10. The molecule has 0 heterocycles. The summed E-state index contributed by atoms with van der Waals surface area (Å²) in [5.41, 5.74) is 1.48. The van der Waals surface area contributed by atoms with Gasteiger partial charge in [0.1, 0.15) is 0 Å². The van der Waals surface area contributed by atoms with Gasteiger partial charge in [0.15, 0.2) is 0 Å². The van der Waals surface area contributed by atoms with Crippen LogP contribution in [0.15, 0.2) is 91.0 Å². The first-order valence-electron chi connectivity index (χ1n) is 10.2. The van der Waals surface area contributed by atoms with Gasteiger partial charge in [0.2, 0.25) is 0 Å². The second-order valence-electron chi connectivity index (χ2n) is 9.47. The molecule has 0 aromatic heterocycles. The van der Waals surface area contributed by atoms with Gasteiger partial charge in [0.25, 0.3) is 0 Å². The molecule has 0 aliphatic heterocycles. The quantitative estimate of drug-likeness (QED) is 0.313. The summed E-state index contributed by atoms with van der Waals surface area (Å²) >= 11 is 0. The van der Waals surface area contributed by atoms with Crippen LogP contribution in [0.5, 0.6) is 0 Å². The van der Waals surface area contributed by atoms with Crippen LogP contribution in [0.4, 0.5) is 0 Å². The minimum absolute atomic E-state index is 0. The van der Waals surface area contributed by atoms with Crippen LogP contribution in [0.25, 0.3) is 0 Å². The van der Waals surface area contributed by atoms with Crippen molar-refractivity contribution in [2.24, 2.45) is 0 Å². The largest absolute Gasteiger partial charge is 1.00 e. The molecule has 0 fully saturated rings. The first-order chi connectivity index (χ1) is 13.2. The number of rotatable bonds is 6. The van der Waals surface area contributed by atoms with E-state index in [1.807, 2.05) is 0 Å². The van der Waals surface area contributed by atoms with Crippen molar-refractivity contribution in [2.75, 3.05) is 0 Å². The number of benzene rings is 3. The van der Waals surface area contributed by atoms with Crippen molar-refractivity contribution >= 4 is 33.6 Å².